The summed E-state index contributed by atoms with van der Waals surface area (Å²) in [6.07, 6.45) is 2.09. The van der Waals surface area contributed by atoms with Crippen molar-refractivity contribution >= 4 is 27.4 Å². The maximum absolute atomic E-state index is 11.6. The molecular weight excluding hydrogens is 310 g/mol. The van der Waals surface area contributed by atoms with Gasteiger partial charge in [-0.3, -0.25) is 0 Å². The zero-order chi connectivity index (χ0) is 13.8. The number of rotatable bonds is 6. The Hall–Kier alpha value is -1.37. The zero-order valence-corrected chi connectivity index (χ0v) is 12.7. The number of halogens is 1. The summed E-state index contributed by atoms with van der Waals surface area (Å²) in [6, 6.07) is 4.14. The van der Waals surface area contributed by atoms with E-state index in [0.29, 0.717) is 11.7 Å². The fourth-order valence-corrected chi connectivity index (χ4v) is 2.63. The molecule has 2 rings (SSSR count). The van der Waals surface area contributed by atoms with E-state index in [1.807, 2.05) is 12.1 Å². The van der Waals surface area contributed by atoms with Gasteiger partial charge < -0.3 is 4.90 Å². The van der Waals surface area contributed by atoms with Crippen molar-refractivity contribution in [3.63, 3.8) is 0 Å². The van der Waals surface area contributed by atoms with Gasteiger partial charge in [0.25, 0.3) is 0 Å². The molecule has 0 spiro atoms. The molecule has 19 heavy (non-hydrogen) atoms. The highest BCUT2D eigenvalue weighted by atomic mass is 79.9. The summed E-state index contributed by atoms with van der Waals surface area (Å²) in [4.78, 5) is 13.8. The van der Waals surface area contributed by atoms with Gasteiger partial charge in [-0.1, -0.05) is 29.8 Å². The van der Waals surface area contributed by atoms with Gasteiger partial charge in [0, 0.05) is 17.9 Å². The average molecular weight is 328 g/mol. The van der Waals surface area contributed by atoms with Crippen LogP contribution in [0.25, 0.3) is 5.65 Å². The Balaban J connectivity index is 2.42. The molecule has 0 amide bonds. The average Bonchev–Trinajstić information content (AvgIpc) is 2.80. The summed E-state index contributed by atoms with van der Waals surface area (Å²) in [7, 11) is 0. The summed E-state index contributed by atoms with van der Waals surface area (Å²) in [5.41, 5.74) is 0.234. The molecule has 0 saturated carbocycles. The monoisotopic (exact) mass is 327 g/mol. The van der Waals surface area contributed by atoms with Gasteiger partial charge in [-0.15, -0.1) is 5.10 Å². The van der Waals surface area contributed by atoms with Gasteiger partial charge in [-0.05, 0) is 25.0 Å². The normalized spacial score (nSPS) is 11.4. The van der Waals surface area contributed by atoms with E-state index in [0.717, 1.165) is 30.5 Å². The Kier molecular flexibility index (Phi) is 4.57. The van der Waals surface area contributed by atoms with E-state index in [-0.39, 0.29) is 5.69 Å². The highest BCUT2D eigenvalue weighted by Gasteiger charge is 2.17. The van der Waals surface area contributed by atoms with Crippen molar-refractivity contribution in [1.82, 2.24) is 19.8 Å². The minimum Gasteiger partial charge on any atom is -0.351 e. The topological polar surface area (TPSA) is 66.3 Å². The summed E-state index contributed by atoms with van der Waals surface area (Å²) >= 11 is 3.47. The zero-order valence-electron chi connectivity index (χ0n) is 11.1. The van der Waals surface area contributed by atoms with Gasteiger partial charge in [0.05, 0.1) is 0 Å². The minimum absolute atomic E-state index is 0.305. The quantitative estimate of drug-likeness (QED) is 0.822. The first-order valence-corrected chi connectivity index (χ1v) is 7.60. The van der Waals surface area contributed by atoms with Crippen LogP contribution < -0.4 is 10.6 Å². The Bertz CT molecular complexity index is 589. The van der Waals surface area contributed by atoms with Crippen molar-refractivity contribution in [1.29, 1.82) is 0 Å². The Morgan fingerprint density at radius 2 is 2.16 bits per heavy atom. The third-order valence-corrected chi connectivity index (χ3v) is 3.62. The minimum atomic E-state index is -0.305. The number of aromatic nitrogens is 4. The summed E-state index contributed by atoms with van der Waals surface area (Å²) in [5, 5.41) is 11.5. The first-order valence-electron chi connectivity index (χ1n) is 6.48. The maximum atomic E-state index is 11.6. The first-order chi connectivity index (χ1) is 9.21. The molecule has 1 N–H and O–H groups in total. The van der Waals surface area contributed by atoms with Crippen LogP contribution in [0.1, 0.15) is 26.7 Å². The molecule has 7 heteroatoms. The van der Waals surface area contributed by atoms with E-state index in [4.69, 9.17) is 0 Å². The molecule has 0 aromatic carbocycles. The van der Waals surface area contributed by atoms with Gasteiger partial charge in [0.2, 0.25) is 0 Å². The van der Waals surface area contributed by atoms with E-state index in [1.54, 1.807) is 0 Å². The van der Waals surface area contributed by atoms with Crippen molar-refractivity contribution in [2.45, 2.75) is 32.7 Å². The Morgan fingerprint density at radius 1 is 1.42 bits per heavy atom. The van der Waals surface area contributed by atoms with Crippen LogP contribution >= 0.6 is 15.9 Å². The van der Waals surface area contributed by atoms with Crippen LogP contribution in [0.4, 0.5) is 5.82 Å². The van der Waals surface area contributed by atoms with Crippen LogP contribution in [0.15, 0.2) is 16.9 Å². The van der Waals surface area contributed by atoms with Crippen molar-refractivity contribution in [3.05, 3.63) is 22.6 Å². The lowest BCUT2D eigenvalue weighted by atomic mass is 10.1. The SMILES string of the molecule is CCC(CC)N(CCBr)c1ccc2n[nH]c(=O)n2n1. The number of nitrogens with zero attached hydrogens (tertiary/aromatic N) is 4. The van der Waals surface area contributed by atoms with Gasteiger partial charge in [-0.25, -0.2) is 9.89 Å². The molecule has 0 bridgehead atoms. The number of hydrogen-bond donors (Lipinski definition) is 1. The smallest absolute Gasteiger partial charge is 0.351 e. The lowest BCUT2D eigenvalue weighted by Crippen LogP contribution is -2.37. The van der Waals surface area contributed by atoms with E-state index >= 15 is 0 Å². The molecule has 0 radical (unpaired) electrons. The Labute approximate surface area is 119 Å². The molecular formula is C12H18BrN5O. The molecule has 0 unspecified atom stereocenters. The highest BCUT2D eigenvalue weighted by Crippen LogP contribution is 2.18. The lowest BCUT2D eigenvalue weighted by molar-refractivity contribution is 0.559. The van der Waals surface area contributed by atoms with Crippen LogP contribution in [-0.4, -0.2) is 37.7 Å². The van der Waals surface area contributed by atoms with Crippen LogP contribution in [-0.2, 0) is 0 Å². The van der Waals surface area contributed by atoms with Crippen molar-refractivity contribution in [2.24, 2.45) is 0 Å². The number of anilines is 1. The second-order valence-corrected chi connectivity index (χ2v) is 5.14. The third-order valence-electron chi connectivity index (χ3n) is 3.26. The number of fused-ring (bicyclic) bond motifs is 1. The third kappa shape index (κ3) is 2.80. The number of hydrogen-bond acceptors (Lipinski definition) is 4. The molecule has 2 heterocycles. The number of alkyl halides is 1. The van der Waals surface area contributed by atoms with Gasteiger partial charge in [0.1, 0.15) is 5.82 Å². The predicted octanol–water partition coefficient (Wildman–Crippen LogP) is 1.81. The van der Waals surface area contributed by atoms with Crippen LogP contribution in [0, 0.1) is 0 Å². The standard InChI is InChI=1S/C12H18BrN5O/c1-3-9(4-2)17(8-7-13)11-6-5-10-14-15-12(19)18(10)16-11/h5-6,9H,3-4,7-8H2,1-2H3,(H,15,19). The molecule has 104 valence electrons. The van der Waals surface area contributed by atoms with E-state index in [2.05, 4.69) is 50.0 Å². The predicted molar refractivity (Wildman–Crippen MR) is 79.1 cm³/mol. The first kappa shape index (κ1) is 14.0. The molecule has 0 atom stereocenters. The number of aromatic amines is 1. The van der Waals surface area contributed by atoms with Gasteiger partial charge in [-0.2, -0.15) is 9.61 Å². The van der Waals surface area contributed by atoms with E-state index in [9.17, 15) is 4.79 Å². The Morgan fingerprint density at radius 3 is 2.79 bits per heavy atom. The van der Waals surface area contributed by atoms with Crippen molar-refractivity contribution in [2.75, 3.05) is 16.8 Å². The number of nitrogens with one attached hydrogen (secondary N) is 1. The van der Waals surface area contributed by atoms with Crippen LogP contribution in [0.5, 0.6) is 0 Å². The highest BCUT2D eigenvalue weighted by molar-refractivity contribution is 9.09. The molecule has 0 saturated heterocycles. The summed E-state index contributed by atoms with van der Waals surface area (Å²) < 4.78 is 1.30. The van der Waals surface area contributed by atoms with E-state index in [1.165, 1.54) is 4.52 Å². The van der Waals surface area contributed by atoms with Crippen LogP contribution in [0.3, 0.4) is 0 Å². The fourth-order valence-electron chi connectivity index (χ4n) is 2.25. The molecule has 0 aliphatic heterocycles. The van der Waals surface area contributed by atoms with Crippen molar-refractivity contribution in [3.8, 4) is 0 Å². The maximum Gasteiger partial charge on any atom is 0.364 e. The number of H-pyrrole nitrogens is 1. The van der Waals surface area contributed by atoms with Gasteiger partial charge in [0.15, 0.2) is 5.65 Å². The van der Waals surface area contributed by atoms with E-state index < -0.39 is 0 Å². The molecule has 2 aromatic heterocycles. The summed E-state index contributed by atoms with van der Waals surface area (Å²) in [5.74, 6) is 0.809. The lowest BCUT2D eigenvalue weighted by Gasteiger charge is -2.30. The fraction of sp³-hybridized carbons (Fsp3) is 0.583. The van der Waals surface area contributed by atoms with Crippen LogP contribution in [0.2, 0.25) is 0 Å². The molecule has 0 fully saturated rings. The second-order valence-electron chi connectivity index (χ2n) is 4.34. The second kappa shape index (κ2) is 6.18. The molecule has 0 aliphatic carbocycles. The summed E-state index contributed by atoms with van der Waals surface area (Å²) in [6.45, 7) is 5.19. The van der Waals surface area contributed by atoms with Gasteiger partial charge >= 0.3 is 5.69 Å². The molecule has 2 aromatic rings. The largest absolute Gasteiger partial charge is 0.364 e. The van der Waals surface area contributed by atoms with Crippen molar-refractivity contribution < 1.29 is 0 Å². The molecule has 0 aliphatic rings. The molecule has 6 nitrogen and oxygen atoms in total.